The Balaban J connectivity index is 0. The van der Waals surface area contributed by atoms with Crippen LogP contribution in [0.2, 0.25) is 0 Å². The predicted molar refractivity (Wildman–Crippen MR) is 36.4 cm³/mol. The Kier molecular flexibility index (Phi) is 11.6. The molecule has 0 rings (SSSR count). The molecule has 0 aliphatic rings. The molecular formula is C4H7BClF3O2. The summed E-state index contributed by atoms with van der Waals surface area (Å²) in [4.78, 5) is 10.1. The maximum Gasteiger partial charge on any atom is 0.762 e. The summed E-state index contributed by atoms with van der Waals surface area (Å²) in [6.45, 7) is 2.15. The first-order valence-electron chi connectivity index (χ1n) is 2.68. The molecule has 66 valence electrons. The van der Waals surface area contributed by atoms with Gasteiger partial charge in [0.15, 0.2) is 0 Å². The van der Waals surface area contributed by atoms with Crippen LogP contribution in [0, 0.1) is 0 Å². The van der Waals surface area contributed by atoms with E-state index in [1.807, 2.05) is 0 Å². The molecule has 0 heterocycles. The average Bonchev–Trinajstić information content (AvgIpc) is 1.87. The fraction of sp³-hybridized carbons (Fsp3) is 0.750. The molecule has 0 spiro atoms. The summed E-state index contributed by atoms with van der Waals surface area (Å²) in [5.41, 5.74) is 0. The third-order valence-electron chi connectivity index (χ3n) is 0.414. The molecular weight excluding hydrogens is 183 g/mol. The molecule has 0 aromatic rings. The van der Waals surface area contributed by atoms with Crippen molar-refractivity contribution in [3.63, 3.8) is 0 Å². The lowest BCUT2D eigenvalue weighted by molar-refractivity contribution is -0.140. The minimum Gasteiger partial charge on any atom is -0.465 e. The second-order valence-electron chi connectivity index (χ2n) is 1.19. The topological polar surface area (TPSA) is 26.3 Å². The lowest BCUT2D eigenvalue weighted by Crippen LogP contribution is -2.03. The number of rotatable bonds is 2. The van der Waals surface area contributed by atoms with E-state index < -0.39 is 7.54 Å². The van der Waals surface area contributed by atoms with E-state index in [1.54, 1.807) is 6.92 Å². The predicted octanol–water partition coefficient (Wildman–Crippen LogP) is 1.67. The molecule has 0 amide bonds. The number of halogens is 4. The van der Waals surface area contributed by atoms with E-state index in [9.17, 15) is 17.7 Å². The zero-order valence-corrected chi connectivity index (χ0v) is 6.58. The molecule has 2 nitrogen and oxygen atoms in total. The van der Waals surface area contributed by atoms with Crippen molar-refractivity contribution in [2.24, 2.45) is 0 Å². The third kappa shape index (κ3) is 26.2. The van der Waals surface area contributed by atoms with Gasteiger partial charge in [0, 0.05) is 0 Å². The first kappa shape index (κ1) is 13.2. The van der Waals surface area contributed by atoms with Crippen molar-refractivity contribution in [1.29, 1.82) is 0 Å². The van der Waals surface area contributed by atoms with Crippen LogP contribution in [-0.2, 0) is 9.53 Å². The van der Waals surface area contributed by atoms with Crippen LogP contribution in [0.25, 0.3) is 0 Å². The number of ether oxygens (including phenoxy) is 1. The molecule has 0 N–H and O–H groups in total. The lowest BCUT2D eigenvalue weighted by Gasteiger charge is -1.92. The molecule has 0 aromatic carbocycles. The fourth-order valence-corrected chi connectivity index (χ4v) is 0.277. The summed E-state index contributed by atoms with van der Waals surface area (Å²) in [7, 11) is -3.67. The van der Waals surface area contributed by atoms with E-state index in [-0.39, 0.29) is 11.8 Å². The molecule has 0 fully saturated rings. The summed E-state index contributed by atoms with van der Waals surface area (Å²) in [5.74, 6) is -0.405. The number of hydrogen-bond donors (Lipinski definition) is 0. The molecule has 0 radical (unpaired) electrons. The van der Waals surface area contributed by atoms with Crippen molar-refractivity contribution in [3.05, 3.63) is 0 Å². The highest BCUT2D eigenvalue weighted by Crippen LogP contribution is 1.80. The Hall–Kier alpha value is -0.385. The van der Waals surface area contributed by atoms with Crippen molar-refractivity contribution in [2.45, 2.75) is 6.92 Å². The Bertz CT molecular complexity index is 101. The van der Waals surface area contributed by atoms with Crippen LogP contribution in [0.5, 0.6) is 0 Å². The van der Waals surface area contributed by atoms with Gasteiger partial charge in [0.25, 0.3) is 0 Å². The van der Waals surface area contributed by atoms with Crippen molar-refractivity contribution in [3.8, 4) is 0 Å². The molecule has 0 saturated heterocycles. The SMILES string of the molecule is CCOC(=O)CCl.FB(F)F. The Morgan fingerprint density at radius 2 is 1.91 bits per heavy atom. The molecule has 0 unspecified atom stereocenters. The number of carbonyl (C=O) groups excluding carboxylic acids is 1. The molecule has 7 heteroatoms. The van der Waals surface area contributed by atoms with Gasteiger partial charge in [0.1, 0.15) is 5.88 Å². The molecule has 0 aromatic heterocycles. The van der Waals surface area contributed by atoms with E-state index in [0.29, 0.717) is 6.61 Å². The maximum atomic E-state index is 10.1. The van der Waals surface area contributed by atoms with Crippen molar-refractivity contribution >= 4 is 25.1 Å². The Labute approximate surface area is 67.9 Å². The summed E-state index contributed by atoms with van der Waals surface area (Å²) in [6, 6.07) is 0. The van der Waals surface area contributed by atoms with E-state index in [1.165, 1.54) is 0 Å². The molecule has 0 saturated carbocycles. The van der Waals surface area contributed by atoms with Gasteiger partial charge < -0.3 is 4.74 Å². The highest BCUT2D eigenvalue weighted by atomic mass is 35.5. The van der Waals surface area contributed by atoms with Gasteiger partial charge >= 0.3 is 13.5 Å². The second kappa shape index (κ2) is 9.61. The highest BCUT2D eigenvalue weighted by molar-refractivity contribution is 6.33. The molecule has 11 heavy (non-hydrogen) atoms. The van der Waals surface area contributed by atoms with Gasteiger partial charge in [0.05, 0.1) is 6.61 Å². The summed E-state index contributed by atoms with van der Waals surface area (Å²) < 4.78 is 33.4. The van der Waals surface area contributed by atoms with Crippen molar-refractivity contribution < 1.29 is 22.5 Å². The summed E-state index contributed by atoms with van der Waals surface area (Å²) in [5, 5.41) is 0. The minimum absolute atomic E-state index is 0.0478. The third-order valence-corrected chi connectivity index (χ3v) is 0.633. The van der Waals surface area contributed by atoms with Gasteiger partial charge in [-0.2, -0.15) is 0 Å². The van der Waals surface area contributed by atoms with Crippen LogP contribution in [0.4, 0.5) is 12.9 Å². The van der Waals surface area contributed by atoms with Gasteiger partial charge in [-0.15, -0.1) is 11.6 Å². The molecule has 0 aliphatic carbocycles. The van der Waals surface area contributed by atoms with Crippen LogP contribution in [-0.4, -0.2) is 26.0 Å². The minimum atomic E-state index is -3.67. The van der Waals surface area contributed by atoms with Crippen molar-refractivity contribution in [2.75, 3.05) is 12.5 Å². The quantitative estimate of drug-likeness (QED) is 0.376. The van der Waals surface area contributed by atoms with Crippen LogP contribution in [0.15, 0.2) is 0 Å². The standard InChI is InChI=1S/C4H7ClO2.BF3/c1-2-7-4(6)3-5;2-1(3)4/h2-3H2,1H3;. The normalized spacial score (nSPS) is 7.73. The summed E-state index contributed by atoms with van der Waals surface area (Å²) in [6.07, 6.45) is 0. The number of esters is 1. The maximum absolute atomic E-state index is 10.1. The van der Waals surface area contributed by atoms with Crippen LogP contribution in [0.3, 0.4) is 0 Å². The monoisotopic (exact) mass is 190 g/mol. The first-order valence-corrected chi connectivity index (χ1v) is 3.21. The van der Waals surface area contributed by atoms with Gasteiger partial charge in [-0.25, -0.2) is 0 Å². The number of hydrogen-bond acceptors (Lipinski definition) is 2. The van der Waals surface area contributed by atoms with E-state index in [0.717, 1.165) is 0 Å². The Morgan fingerprint density at radius 3 is 2.00 bits per heavy atom. The first-order chi connectivity index (χ1) is 5.04. The van der Waals surface area contributed by atoms with Crippen molar-refractivity contribution in [1.82, 2.24) is 0 Å². The van der Waals surface area contributed by atoms with Gasteiger partial charge in [-0.05, 0) is 6.92 Å². The highest BCUT2D eigenvalue weighted by Gasteiger charge is 2.06. The lowest BCUT2D eigenvalue weighted by atomic mass is 10.5. The zero-order chi connectivity index (χ0) is 9.28. The second-order valence-corrected chi connectivity index (χ2v) is 1.45. The van der Waals surface area contributed by atoms with E-state index >= 15 is 0 Å². The van der Waals surface area contributed by atoms with E-state index in [4.69, 9.17) is 11.6 Å². The fourth-order valence-electron chi connectivity index (χ4n) is 0.200. The van der Waals surface area contributed by atoms with E-state index in [2.05, 4.69) is 4.74 Å². The summed E-state index contributed by atoms with van der Waals surface area (Å²) >= 11 is 5.06. The molecule has 0 bridgehead atoms. The Morgan fingerprint density at radius 1 is 1.55 bits per heavy atom. The average molecular weight is 190 g/mol. The van der Waals surface area contributed by atoms with Gasteiger partial charge in [-0.1, -0.05) is 0 Å². The smallest absolute Gasteiger partial charge is 0.465 e. The van der Waals surface area contributed by atoms with Gasteiger partial charge in [-0.3, -0.25) is 17.7 Å². The number of alkyl halides is 1. The molecule has 0 aliphatic heterocycles. The molecule has 0 atom stereocenters. The zero-order valence-electron chi connectivity index (χ0n) is 5.82. The van der Waals surface area contributed by atoms with Gasteiger partial charge in [0.2, 0.25) is 0 Å². The van der Waals surface area contributed by atoms with Crippen LogP contribution >= 0.6 is 11.6 Å². The van der Waals surface area contributed by atoms with Crippen LogP contribution < -0.4 is 0 Å². The number of carbonyl (C=O) groups is 1. The largest absolute Gasteiger partial charge is 0.762 e. The van der Waals surface area contributed by atoms with Crippen LogP contribution in [0.1, 0.15) is 6.92 Å².